The van der Waals surface area contributed by atoms with Crippen molar-refractivity contribution in [1.29, 1.82) is 0 Å². The number of hydrogen-bond acceptors (Lipinski definition) is 11. The van der Waals surface area contributed by atoms with Crippen LogP contribution in [0.3, 0.4) is 0 Å². The third-order valence-corrected chi connectivity index (χ3v) is 6.86. The fourth-order valence-electron chi connectivity index (χ4n) is 3.72. The van der Waals surface area contributed by atoms with Gasteiger partial charge in [0.25, 0.3) is 10.1 Å². The van der Waals surface area contributed by atoms with Crippen molar-refractivity contribution < 1.29 is 55.1 Å². The maximum Gasteiger partial charge on any atom is 0.415 e. The largest absolute Gasteiger partial charge is 0.428 e. The van der Waals surface area contributed by atoms with Crippen molar-refractivity contribution in [2.75, 3.05) is 6.79 Å². The van der Waals surface area contributed by atoms with Gasteiger partial charge in [-0.2, -0.15) is 17.2 Å². The monoisotopic (exact) mass is 406 g/mol. The number of rotatable bonds is 7. The molecule has 14 heteroatoms. The molecule has 25 heavy (non-hydrogen) atoms. The van der Waals surface area contributed by atoms with Crippen molar-refractivity contribution in [2.24, 2.45) is 17.8 Å². The van der Waals surface area contributed by atoms with Gasteiger partial charge in [0, 0.05) is 5.92 Å². The van der Waals surface area contributed by atoms with E-state index in [0.717, 1.165) is 0 Å². The predicted octanol–water partition coefficient (Wildman–Crippen LogP) is 0.446. The van der Waals surface area contributed by atoms with E-state index in [9.17, 15) is 26.8 Å². The molecule has 1 saturated heterocycles. The molecule has 3 rings (SSSR count). The number of fused-ring (bicyclic) bond motifs is 1. The zero-order chi connectivity index (χ0) is 18.4. The molecule has 2 aliphatic carbocycles. The van der Waals surface area contributed by atoms with Gasteiger partial charge in [0.05, 0.1) is 12.0 Å². The van der Waals surface area contributed by atoms with Gasteiger partial charge in [-0.3, -0.25) is 8.98 Å². The van der Waals surface area contributed by atoms with E-state index in [4.69, 9.17) is 9.44 Å². The van der Waals surface area contributed by atoms with Crippen molar-refractivity contribution in [2.45, 2.75) is 29.5 Å². The Hall–Kier alpha value is -1.06. The highest BCUT2D eigenvalue weighted by Crippen LogP contribution is 2.57. The molecular formula is C11H12F2O10S2. The first-order chi connectivity index (χ1) is 11.7. The van der Waals surface area contributed by atoms with Crippen LogP contribution in [-0.4, -0.2) is 49.0 Å². The first kappa shape index (κ1) is 18.7. The maximum absolute atomic E-state index is 13.1. The molecule has 0 aromatic rings. The fourth-order valence-corrected chi connectivity index (χ4v) is 6.07. The molecule has 0 amide bonds. The van der Waals surface area contributed by atoms with E-state index in [0.29, 0.717) is 12.8 Å². The van der Waals surface area contributed by atoms with Gasteiger partial charge in [0.2, 0.25) is 6.79 Å². The summed E-state index contributed by atoms with van der Waals surface area (Å²) < 4.78 is 67.3. The van der Waals surface area contributed by atoms with Crippen molar-refractivity contribution in [3.8, 4) is 0 Å². The molecule has 142 valence electrons. The van der Waals surface area contributed by atoms with E-state index >= 15 is 0 Å². The van der Waals surface area contributed by atoms with Crippen LogP contribution in [0.15, 0.2) is 0 Å². The SMILES string of the molecule is O=C(OCOC(=O)C(F)(F)SOOO)C1C2CC3OS(=O)(=O)C1C3C2. The van der Waals surface area contributed by atoms with Gasteiger partial charge in [-0.1, -0.05) is 5.04 Å². The minimum absolute atomic E-state index is 0.243. The third kappa shape index (κ3) is 3.33. The molecule has 5 atom stereocenters. The van der Waals surface area contributed by atoms with Crippen LogP contribution in [0.1, 0.15) is 12.8 Å². The van der Waals surface area contributed by atoms with Gasteiger partial charge in [0.1, 0.15) is 17.3 Å². The second kappa shape index (κ2) is 6.59. The molecule has 3 aliphatic rings. The van der Waals surface area contributed by atoms with Gasteiger partial charge in [-0.25, -0.2) is 10.1 Å². The summed E-state index contributed by atoms with van der Waals surface area (Å²) in [4.78, 5) is 23.2. The Morgan fingerprint density at radius 2 is 2.00 bits per heavy atom. The minimum atomic E-state index is -4.22. The molecule has 1 N–H and O–H groups in total. The van der Waals surface area contributed by atoms with Crippen LogP contribution in [0.2, 0.25) is 0 Å². The van der Waals surface area contributed by atoms with Crippen LogP contribution < -0.4 is 0 Å². The Kier molecular flexibility index (Phi) is 4.93. The molecule has 0 aromatic carbocycles. The van der Waals surface area contributed by atoms with E-state index in [2.05, 4.69) is 18.8 Å². The van der Waals surface area contributed by atoms with Crippen molar-refractivity contribution in [3.05, 3.63) is 0 Å². The first-order valence-electron chi connectivity index (χ1n) is 6.97. The number of esters is 2. The van der Waals surface area contributed by atoms with E-state index in [1.165, 1.54) is 0 Å². The van der Waals surface area contributed by atoms with Crippen LogP contribution in [0.4, 0.5) is 8.78 Å². The number of alkyl halides is 2. The van der Waals surface area contributed by atoms with E-state index in [-0.39, 0.29) is 11.8 Å². The molecule has 1 aliphatic heterocycles. The molecule has 2 bridgehead atoms. The lowest BCUT2D eigenvalue weighted by atomic mass is 9.87. The highest BCUT2D eigenvalue weighted by Gasteiger charge is 2.66. The first-order valence-corrected chi connectivity index (χ1v) is 9.18. The lowest BCUT2D eigenvalue weighted by Crippen LogP contribution is -2.38. The zero-order valence-corrected chi connectivity index (χ0v) is 13.8. The Bertz CT molecular complexity index is 666. The molecule has 2 saturated carbocycles. The summed E-state index contributed by atoms with van der Waals surface area (Å²) in [6, 6.07) is 0. The van der Waals surface area contributed by atoms with Crippen LogP contribution in [0.5, 0.6) is 0 Å². The summed E-state index contributed by atoms with van der Waals surface area (Å²) in [5.74, 6) is -4.57. The van der Waals surface area contributed by atoms with Gasteiger partial charge in [0.15, 0.2) is 0 Å². The summed E-state index contributed by atoms with van der Waals surface area (Å²) >= 11 is -0.826. The molecule has 0 radical (unpaired) electrons. The average molecular weight is 406 g/mol. The number of carbonyl (C=O) groups excluding carboxylic acids is 2. The van der Waals surface area contributed by atoms with Crippen LogP contribution >= 0.6 is 12.0 Å². The normalized spacial score (nSPS) is 34.9. The zero-order valence-electron chi connectivity index (χ0n) is 12.2. The molecule has 0 aromatic heterocycles. The third-order valence-electron chi connectivity index (χ3n) is 4.53. The fraction of sp³-hybridized carbons (Fsp3) is 0.818. The molecule has 10 nitrogen and oxygen atoms in total. The van der Waals surface area contributed by atoms with Crippen molar-refractivity contribution in [1.82, 2.24) is 0 Å². The van der Waals surface area contributed by atoms with Crippen molar-refractivity contribution in [3.63, 3.8) is 0 Å². The van der Waals surface area contributed by atoms with E-state index in [1.54, 1.807) is 0 Å². The highest BCUT2D eigenvalue weighted by molar-refractivity contribution is 7.96. The number of carbonyl (C=O) groups is 2. The van der Waals surface area contributed by atoms with Crippen LogP contribution in [0.25, 0.3) is 0 Å². The quantitative estimate of drug-likeness (QED) is 0.158. The van der Waals surface area contributed by atoms with E-state index < -0.39 is 63.4 Å². The molecule has 0 spiro atoms. The second-order valence-corrected chi connectivity index (χ2v) is 8.31. The summed E-state index contributed by atoms with van der Waals surface area (Å²) in [5, 5.41) is 5.46. The highest BCUT2D eigenvalue weighted by atomic mass is 32.2. The Morgan fingerprint density at radius 1 is 1.28 bits per heavy atom. The van der Waals surface area contributed by atoms with Crippen molar-refractivity contribution >= 4 is 34.1 Å². The topological polar surface area (TPSA) is 135 Å². The Morgan fingerprint density at radius 3 is 2.68 bits per heavy atom. The number of hydrogen-bond donors (Lipinski definition) is 1. The van der Waals surface area contributed by atoms with E-state index in [1.807, 2.05) is 0 Å². The standard InChI is InChI=1S/C11H12F2O10S2/c12-11(13,24-23-22-16)10(15)20-3-19-9(14)7-4-1-5-6(2-4)21-25(17,18)8(5)7/h4-8,16H,1-3H2. The lowest BCUT2D eigenvalue weighted by molar-refractivity contribution is -0.433. The predicted molar refractivity (Wildman–Crippen MR) is 71.7 cm³/mol. The van der Waals surface area contributed by atoms with Gasteiger partial charge in [-0.05, 0) is 18.8 Å². The molecular weight excluding hydrogens is 394 g/mol. The number of ether oxygens (including phenoxy) is 2. The summed E-state index contributed by atoms with van der Waals surface area (Å²) in [5.41, 5.74) is 0. The Labute approximate surface area is 143 Å². The summed E-state index contributed by atoms with van der Waals surface area (Å²) in [7, 11) is -3.89. The second-order valence-electron chi connectivity index (χ2n) is 5.77. The molecule has 5 unspecified atom stereocenters. The van der Waals surface area contributed by atoms with Gasteiger partial charge < -0.3 is 9.47 Å². The molecule has 3 fully saturated rings. The maximum atomic E-state index is 13.1. The Balaban J connectivity index is 1.53. The summed E-state index contributed by atoms with van der Waals surface area (Å²) in [6.45, 7) is -1.13. The summed E-state index contributed by atoms with van der Waals surface area (Å²) in [6.07, 6.45) is 0.473. The number of halogens is 2. The smallest absolute Gasteiger partial charge is 0.415 e. The molecule has 1 heterocycles. The lowest BCUT2D eigenvalue weighted by Gasteiger charge is -2.22. The van der Waals surface area contributed by atoms with Gasteiger partial charge >= 0.3 is 17.2 Å². The van der Waals surface area contributed by atoms with Crippen LogP contribution in [-0.2, 0) is 42.7 Å². The average Bonchev–Trinajstić information content (AvgIpc) is 3.13. The minimum Gasteiger partial charge on any atom is -0.428 e. The van der Waals surface area contributed by atoms with Gasteiger partial charge in [-0.15, -0.1) is 4.33 Å². The van der Waals surface area contributed by atoms with Crippen LogP contribution in [0, 0.1) is 17.8 Å².